The van der Waals surface area contributed by atoms with Crippen LogP contribution in [0.25, 0.3) is 0 Å². The van der Waals surface area contributed by atoms with Crippen LogP contribution in [0, 0.1) is 11.7 Å². The van der Waals surface area contributed by atoms with Gasteiger partial charge in [-0.05, 0) is 56.2 Å². The second-order valence-electron chi connectivity index (χ2n) is 4.35. The highest BCUT2D eigenvalue weighted by molar-refractivity contribution is 7.98. The minimum atomic E-state index is -0.0752. The number of rotatable bonds is 3. The Balaban J connectivity index is 2.10. The monoisotopic (exact) mass is 239 g/mol. The zero-order valence-corrected chi connectivity index (χ0v) is 10.4. The van der Waals surface area contributed by atoms with Crippen molar-refractivity contribution in [3.63, 3.8) is 0 Å². The largest absolute Gasteiger partial charge is 0.316 e. The lowest BCUT2D eigenvalue weighted by atomic mass is 9.92. The van der Waals surface area contributed by atoms with E-state index in [-0.39, 0.29) is 5.82 Å². The lowest BCUT2D eigenvalue weighted by molar-refractivity contribution is 0.373. The second kappa shape index (κ2) is 5.69. The molecule has 1 N–H and O–H groups in total. The minimum Gasteiger partial charge on any atom is -0.316 e. The van der Waals surface area contributed by atoms with Crippen molar-refractivity contribution in [1.82, 2.24) is 5.32 Å². The van der Waals surface area contributed by atoms with Gasteiger partial charge in [0.1, 0.15) is 5.82 Å². The maximum absolute atomic E-state index is 13.6. The van der Waals surface area contributed by atoms with E-state index in [1.54, 1.807) is 6.07 Å². The Hall–Kier alpha value is -0.540. The summed E-state index contributed by atoms with van der Waals surface area (Å²) in [5.41, 5.74) is 1.17. The van der Waals surface area contributed by atoms with Gasteiger partial charge >= 0.3 is 0 Å². The van der Waals surface area contributed by atoms with Crippen LogP contribution in [0.1, 0.15) is 18.4 Å². The molecule has 1 aliphatic rings. The fraction of sp³-hybridized carbons (Fsp3) is 0.538. The van der Waals surface area contributed by atoms with Crippen LogP contribution >= 0.6 is 11.8 Å². The highest BCUT2D eigenvalue weighted by Crippen LogP contribution is 2.27. The van der Waals surface area contributed by atoms with Crippen molar-refractivity contribution in [3.8, 4) is 0 Å². The lowest BCUT2D eigenvalue weighted by Crippen LogP contribution is -2.30. The normalized spacial score (nSPS) is 21.0. The van der Waals surface area contributed by atoms with E-state index >= 15 is 0 Å². The highest BCUT2D eigenvalue weighted by Gasteiger charge is 2.16. The van der Waals surface area contributed by atoms with Crippen molar-refractivity contribution < 1.29 is 4.39 Å². The zero-order valence-electron chi connectivity index (χ0n) is 9.63. The Labute approximate surface area is 101 Å². The summed E-state index contributed by atoms with van der Waals surface area (Å²) in [5, 5.41) is 3.41. The van der Waals surface area contributed by atoms with Crippen LogP contribution in [0.3, 0.4) is 0 Å². The first-order valence-electron chi connectivity index (χ1n) is 5.83. The van der Waals surface area contributed by atoms with Gasteiger partial charge in [0.05, 0.1) is 0 Å². The molecule has 0 amide bonds. The first-order chi connectivity index (χ1) is 7.81. The van der Waals surface area contributed by atoms with Crippen molar-refractivity contribution in [3.05, 3.63) is 29.6 Å². The lowest BCUT2D eigenvalue weighted by Gasteiger charge is -2.23. The summed E-state index contributed by atoms with van der Waals surface area (Å²) in [4.78, 5) is 0.827. The van der Waals surface area contributed by atoms with Gasteiger partial charge in [0, 0.05) is 4.90 Å². The maximum Gasteiger partial charge on any atom is 0.137 e. The third-order valence-electron chi connectivity index (χ3n) is 3.16. The van der Waals surface area contributed by atoms with Gasteiger partial charge in [0.15, 0.2) is 0 Å². The molecule has 1 aromatic carbocycles. The summed E-state index contributed by atoms with van der Waals surface area (Å²) in [7, 11) is 0. The van der Waals surface area contributed by atoms with Crippen LogP contribution in [-0.2, 0) is 6.42 Å². The molecule has 2 rings (SSSR count). The predicted molar refractivity (Wildman–Crippen MR) is 67.5 cm³/mol. The number of nitrogens with one attached hydrogen (secondary N) is 1. The summed E-state index contributed by atoms with van der Waals surface area (Å²) in [6.45, 7) is 2.21. The molecule has 16 heavy (non-hydrogen) atoms. The van der Waals surface area contributed by atoms with Crippen molar-refractivity contribution >= 4 is 11.8 Å². The smallest absolute Gasteiger partial charge is 0.137 e. The summed E-state index contributed by atoms with van der Waals surface area (Å²) in [6.07, 6.45) is 5.45. The van der Waals surface area contributed by atoms with Crippen LogP contribution in [0.2, 0.25) is 0 Å². The number of hydrogen-bond acceptors (Lipinski definition) is 2. The van der Waals surface area contributed by atoms with E-state index in [1.165, 1.54) is 30.2 Å². The van der Waals surface area contributed by atoms with Gasteiger partial charge in [-0.3, -0.25) is 0 Å². The second-order valence-corrected chi connectivity index (χ2v) is 5.17. The number of halogens is 1. The molecule has 1 saturated heterocycles. The molecule has 1 atom stereocenters. The standard InChI is InChI=1S/C13H18FNS/c1-16-13-11(5-2-6-12(13)14)8-10-4-3-7-15-9-10/h2,5-6,10,15H,3-4,7-9H2,1H3. The Kier molecular flexibility index (Phi) is 4.24. The molecule has 0 aromatic heterocycles. The van der Waals surface area contributed by atoms with Crippen LogP contribution in [0.5, 0.6) is 0 Å². The molecule has 1 aliphatic heterocycles. The van der Waals surface area contributed by atoms with Crippen LogP contribution in [-0.4, -0.2) is 19.3 Å². The quantitative estimate of drug-likeness (QED) is 0.814. The molecule has 1 heterocycles. The Morgan fingerprint density at radius 2 is 2.38 bits per heavy atom. The molecule has 3 heteroatoms. The van der Waals surface area contributed by atoms with Gasteiger partial charge < -0.3 is 5.32 Å². The molecule has 0 aliphatic carbocycles. The minimum absolute atomic E-state index is 0.0752. The van der Waals surface area contributed by atoms with Gasteiger partial charge in [-0.1, -0.05) is 12.1 Å². The topological polar surface area (TPSA) is 12.0 Å². The summed E-state index contributed by atoms with van der Waals surface area (Å²) < 4.78 is 13.6. The first kappa shape index (κ1) is 11.9. The van der Waals surface area contributed by atoms with E-state index in [1.807, 2.05) is 12.3 Å². The molecule has 0 bridgehead atoms. The summed E-state index contributed by atoms with van der Waals surface area (Å²) in [6, 6.07) is 5.43. The number of hydrogen-bond donors (Lipinski definition) is 1. The zero-order chi connectivity index (χ0) is 11.4. The van der Waals surface area contributed by atoms with Crippen molar-refractivity contribution in [2.45, 2.75) is 24.2 Å². The van der Waals surface area contributed by atoms with E-state index in [0.29, 0.717) is 5.92 Å². The first-order valence-corrected chi connectivity index (χ1v) is 7.06. The van der Waals surface area contributed by atoms with Gasteiger partial charge in [-0.2, -0.15) is 0 Å². The average Bonchev–Trinajstić information content (AvgIpc) is 2.31. The van der Waals surface area contributed by atoms with Gasteiger partial charge in [0.25, 0.3) is 0 Å². The summed E-state index contributed by atoms with van der Waals surface area (Å²) in [5.74, 6) is 0.593. The highest BCUT2D eigenvalue weighted by atomic mass is 32.2. The van der Waals surface area contributed by atoms with Crippen LogP contribution in [0.15, 0.2) is 23.1 Å². The van der Waals surface area contributed by atoms with Crippen molar-refractivity contribution in [2.75, 3.05) is 19.3 Å². The molecular weight excluding hydrogens is 221 g/mol. The Morgan fingerprint density at radius 1 is 1.50 bits per heavy atom. The van der Waals surface area contributed by atoms with E-state index in [9.17, 15) is 4.39 Å². The van der Waals surface area contributed by atoms with Crippen molar-refractivity contribution in [1.29, 1.82) is 0 Å². The average molecular weight is 239 g/mol. The number of piperidine rings is 1. The van der Waals surface area contributed by atoms with E-state index in [2.05, 4.69) is 11.4 Å². The molecule has 1 unspecified atom stereocenters. The maximum atomic E-state index is 13.6. The van der Waals surface area contributed by atoms with E-state index < -0.39 is 0 Å². The Morgan fingerprint density at radius 3 is 3.06 bits per heavy atom. The molecular formula is C13H18FNS. The SMILES string of the molecule is CSc1c(F)cccc1CC1CCCNC1. The fourth-order valence-corrected chi connectivity index (χ4v) is 3.03. The van der Waals surface area contributed by atoms with Crippen molar-refractivity contribution in [2.24, 2.45) is 5.92 Å². The predicted octanol–water partition coefficient (Wildman–Crippen LogP) is 3.09. The molecule has 1 aromatic rings. The third kappa shape index (κ3) is 2.77. The molecule has 1 nitrogen and oxygen atoms in total. The number of thioether (sulfide) groups is 1. The molecule has 0 radical (unpaired) electrons. The van der Waals surface area contributed by atoms with Gasteiger partial charge in [-0.15, -0.1) is 11.8 Å². The fourth-order valence-electron chi connectivity index (χ4n) is 2.35. The van der Waals surface area contributed by atoms with Gasteiger partial charge in [0.2, 0.25) is 0 Å². The molecule has 0 spiro atoms. The molecule has 0 saturated carbocycles. The van der Waals surface area contributed by atoms with Crippen LogP contribution in [0.4, 0.5) is 4.39 Å². The van der Waals surface area contributed by atoms with Crippen LogP contribution < -0.4 is 5.32 Å². The number of benzene rings is 1. The molecule has 88 valence electrons. The van der Waals surface area contributed by atoms with E-state index in [4.69, 9.17) is 0 Å². The van der Waals surface area contributed by atoms with Gasteiger partial charge in [-0.25, -0.2) is 4.39 Å². The Bertz CT molecular complexity index is 348. The molecule has 1 fully saturated rings. The van der Waals surface area contributed by atoms with E-state index in [0.717, 1.165) is 24.4 Å². The summed E-state index contributed by atoms with van der Waals surface area (Å²) >= 11 is 1.52. The third-order valence-corrected chi connectivity index (χ3v) is 4.03.